The van der Waals surface area contributed by atoms with E-state index in [4.69, 9.17) is 9.26 Å². The second-order valence-corrected chi connectivity index (χ2v) is 5.86. The number of rotatable bonds is 4. The first-order chi connectivity index (χ1) is 11.3. The molecule has 0 unspecified atom stereocenters. The second kappa shape index (κ2) is 5.54. The van der Waals surface area contributed by atoms with E-state index < -0.39 is 0 Å². The summed E-state index contributed by atoms with van der Waals surface area (Å²) < 4.78 is 10.6. The van der Waals surface area contributed by atoms with Crippen LogP contribution in [-0.4, -0.2) is 17.7 Å². The lowest BCUT2D eigenvalue weighted by molar-refractivity contribution is -0.144. The molecular formula is C19H17NO3. The first kappa shape index (κ1) is 14.0. The maximum Gasteiger partial charge on any atom is 0.309 e. The average Bonchev–Trinajstić information content (AvgIpc) is 3.28. The van der Waals surface area contributed by atoms with Crippen molar-refractivity contribution in [2.24, 2.45) is 5.92 Å². The van der Waals surface area contributed by atoms with E-state index in [0.717, 1.165) is 34.2 Å². The van der Waals surface area contributed by atoms with Crippen LogP contribution in [0.15, 0.2) is 53.1 Å². The Kier molecular flexibility index (Phi) is 3.37. The lowest BCUT2D eigenvalue weighted by Crippen LogP contribution is -2.07. The standard InChI is InChI=1S/C19H17NO3/c1-2-22-19(21)15-11-14(15)13-8-9-17-16(10-13)18(23-20-17)12-6-4-3-5-7-12/h3-10,14-15H,2,11H2,1H3/t14-,15+/m0/s1. The molecule has 0 spiro atoms. The number of nitrogens with zero attached hydrogens (tertiary/aromatic N) is 1. The number of carbonyl (C=O) groups is 1. The molecule has 3 aromatic rings. The Morgan fingerprint density at radius 3 is 2.87 bits per heavy atom. The summed E-state index contributed by atoms with van der Waals surface area (Å²) in [6.07, 6.45) is 0.857. The van der Waals surface area contributed by atoms with Crippen LogP contribution in [0.5, 0.6) is 0 Å². The van der Waals surface area contributed by atoms with Crippen LogP contribution >= 0.6 is 0 Å². The monoisotopic (exact) mass is 307 g/mol. The van der Waals surface area contributed by atoms with Crippen molar-refractivity contribution in [3.05, 3.63) is 54.1 Å². The molecule has 0 amide bonds. The van der Waals surface area contributed by atoms with E-state index in [2.05, 4.69) is 11.2 Å². The second-order valence-electron chi connectivity index (χ2n) is 5.86. The van der Waals surface area contributed by atoms with Crippen molar-refractivity contribution in [1.82, 2.24) is 5.16 Å². The Morgan fingerprint density at radius 1 is 1.26 bits per heavy atom. The van der Waals surface area contributed by atoms with E-state index in [9.17, 15) is 4.79 Å². The van der Waals surface area contributed by atoms with Crippen LogP contribution in [0.2, 0.25) is 0 Å². The van der Waals surface area contributed by atoms with Crippen LogP contribution in [0.3, 0.4) is 0 Å². The molecule has 0 bridgehead atoms. The van der Waals surface area contributed by atoms with Gasteiger partial charge in [0.05, 0.1) is 12.5 Å². The molecule has 1 aliphatic rings. The van der Waals surface area contributed by atoms with Crippen molar-refractivity contribution in [1.29, 1.82) is 0 Å². The Bertz CT molecular complexity index is 853. The van der Waals surface area contributed by atoms with Gasteiger partial charge >= 0.3 is 5.97 Å². The van der Waals surface area contributed by atoms with Gasteiger partial charge in [-0.25, -0.2) is 0 Å². The molecule has 2 aromatic carbocycles. The van der Waals surface area contributed by atoms with Crippen molar-refractivity contribution in [3.63, 3.8) is 0 Å². The van der Waals surface area contributed by atoms with Gasteiger partial charge in [0.25, 0.3) is 0 Å². The minimum absolute atomic E-state index is 0.00700. The summed E-state index contributed by atoms with van der Waals surface area (Å²) in [5, 5.41) is 5.12. The number of fused-ring (bicyclic) bond motifs is 1. The van der Waals surface area contributed by atoms with E-state index in [1.54, 1.807) is 0 Å². The molecule has 2 atom stereocenters. The SMILES string of the molecule is CCOC(=O)[C@@H]1C[C@H]1c1ccc2noc(-c3ccccc3)c2c1. The van der Waals surface area contributed by atoms with Gasteiger partial charge < -0.3 is 9.26 Å². The third-order valence-electron chi connectivity index (χ3n) is 4.34. The number of carbonyl (C=O) groups excluding carboxylic acids is 1. The van der Waals surface area contributed by atoms with Crippen molar-refractivity contribution in [3.8, 4) is 11.3 Å². The summed E-state index contributed by atoms with van der Waals surface area (Å²) in [7, 11) is 0. The summed E-state index contributed by atoms with van der Waals surface area (Å²) in [6.45, 7) is 2.27. The van der Waals surface area contributed by atoms with E-state index in [1.165, 1.54) is 0 Å². The average molecular weight is 307 g/mol. The maximum absolute atomic E-state index is 11.8. The molecule has 1 aliphatic carbocycles. The molecule has 0 radical (unpaired) electrons. The zero-order valence-corrected chi connectivity index (χ0v) is 12.9. The van der Waals surface area contributed by atoms with Crippen molar-refractivity contribution in [2.45, 2.75) is 19.3 Å². The van der Waals surface area contributed by atoms with Gasteiger partial charge in [0.1, 0.15) is 5.52 Å². The van der Waals surface area contributed by atoms with Crippen LogP contribution in [0.25, 0.3) is 22.2 Å². The van der Waals surface area contributed by atoms with E-state index >= 15 is 0 Å². The molecule has 1 fully saturated rings. The number of benzene rings is 2. The van der Waals surface area contributed by atoms with Crippen molar-refractivity contribution in [2.75, 3.05) is 6.61 Å². The van der Waals surface area contributed by atoms with Crippen molar-refractivity contribution < 1.29 is 14.1 Å². The number of ether oxygens (including phenoxy) is 1. The third kappa shape index (κ3) is 2.50. The van der Waals surface area contributed by atoms with Crippen LogP contribution in [0.4, 0.5) is 0 Å². The minimum atomic E-state index is -0.0915. The Hall–Kier alpha value is -2.62. The van der Waals surface area contributed by atoms with Gasteiger partial charge in [-0.2, -0.15) is 0 Å². The molecule has 0 N–H and O–H groups in total. The van der Waals surface area contributed by atoms with Gasteiger partial charge in [-0.05, 0) is 37.0 Å². The summed E-state index contributed by atoms with van der Waals surface area (Å²) in [5.74, 6) is 0.923. The van der Waals surface area contributed by atoms with E-state index in [1.807, 2.05) is 49.4 Å². The van der Waals surface area contributed by atoms with E-state index in [-0.39, 0.29) is 17.8 Å². The smallest absolute Gasteiger partial charge is 0.309 e. The molecule has 23 heavy (non-hydrogen) atoms. The number of hydrogen-bond acceptors (Lipinski definition) is 4. The fourth-order valence-corrected chi connectivity index (χ4v) is 3.06. The normalized spacial score (nSPS) is 19.7. The predicted octanol–water partition coefficient (Wildman–Crippen LogP) is 4.16. The largest absolute Gasteiger partial charge is 0.466 e. The lowest BCUT2D eigenvalue weighted by atomic mass is 10.0. The molecule has 116 valence electrons. The quantitative estimate of drug-likeness (QED) is 0.679. The fraction of sp³-hybridized carbons (Fsp3) is 0.263. The van der Waals surface area contributed by atoms with Crippen LogP contribution in [-0.2, 0) is 9.53 Å². The Balaban J connectivity index is 1.68. The van der Waals surface area contributed by atoms with Crippen molar-refractivity contribution >= 4 is 16.9 Å². The minimum Gasteiger partial charge on any atom is -0.466 e. The molecule has 0 aliphatic heterocycles. The van der Waals surface area contributed by atoms with Gasteiger partial charge in [-0.1, -0.05) is 41.6 Å². The molecular weight excluding hydrogens is 290 g/mol. The van der Waals surface area contributed by atoms with E-state index in [0.29, 0.717) is 6.61 Å². The molecule has 4 rings (SSSR count). The van der Waals surface area contributed by atoms with Crippen LogP contribution < -0.4 is 0 Å². The topological polar surface area (TPSA) is 52.3 Å². The Labute approximate surface area is 134 Å². The molecule has 1 aromatic heterocycles. The highest BCUT2D eigenvalue weighted by Crippen LogP contribution is 2.49. The highest BCUT2D eigenvalue weighted by Gasteiger charge is 2.45. The molecule has 4 nitrogen and oxygen atoms in total. The third-order valence-corrected chi connectivity index (χ3v) is 4.34. The summed E-state index contributed by atoms with van der Waals surface area (Å²) in [4.78, 5) is 11.8. The number of aromatic nitrogens is 1. The summed E-state index contributed by atoms with van der Waals surface area (Å²) >= 11 is 0. The van der Waals surface area contributed by atoms with Gasteiger partial charge in [0.15, 0.2) is 5.76 Å². The molecule has 4 heteroatoms. The summed E-state index contributed by atoms with van der Waals surface area (Å²) in [6, 6.07) is 16.0. The molecule has 1 saturated carbocycles. The van der Waals surface area contributed by atoms with Gasteiger partial charge in [0, 0.05) is 10.9 Å². The van der Waals surface area contributed by atoms with Gasteiger partial charge in [-0.15, -0.1) is 0 Å². The first-order valence-electron chi connectivity index (χ1n) is 7.89. The molecule has 0 saturated heterocycles. The lowest BCUT2D eigenvalue weighted by Gasteiger charge is -2.02. The maximum atomic E-state index is 11.8. The van der Waals surface area contributed by atoms with Gasteiger partial charge in [0.2, 0.25) is 0 Å². The zero-order valence-electron chi connectivity index (χ0n) is 12.9. The van der Waals surface area contributed by atoms with Crippen LogP contribution in [0, 0.1) is 5.92 Å². The predicted molar refractivity (Wildman–Crippen MR) is 86.9 cm³/mol. The summed E-state index contributed by atoms with van der Waals surface area (Å²) in [5.41, 5.74) is 2.99. The fourth-order valence-electron chi connectivity index (χ4n) is 3.06. The molecule has 1 heterocycles. The number of hydrogen-bond donors (Lipinski definition) is 0. The number of esters is 1. The Morgan fingerprint density at radius 2 is 2.09 bits per heavy atom. The highest BCUT2D eigenvalue weighted by atomic mass is 16.5. The highest BCUT2D eigenvalue weighted by molar-refractivity contribution is 5.92. The van der Waals surface area contributed by atoms with Gasteiger partial charge in [-0.3, -0.25) is 4.79 Å². The first-order valence-corrected chi connectivity index (χ1v) is 7.89. The zero-order chi connectivity index (χ0) is 15.8. The van der Waals surface area contributed by atoms with Crippen LogP contribution in [0.1, 0.15) is 24.8 Å².